The Kier molecular flexibility index (Phi) is 2.39. The number of halogens is 3. The molecule has 1 heterocycles. The first-order chi connectivity index (χ1) is 5.03. The van der Waals surface area contributed by atoms with E-state index in [1.165, 1.54) is 0 Å². The van der Waals surface area contributed by atoms with E-state index < -0.39 is 12.6 Å². The molecule has 0 aromatic carbocycles. The van der Waals surface area contributed by atoms with E-state index in [-0.39, 0.29) is 25.2 Å². The smallest absolute Gasteiger partial charge is 0.389 e. The Labute approximate surface area is 62.0 Å². The van der Waals surface area contributed by atoms with Gasteiger partial charge >= 0.3 is 6.18 Å². The summed E-state index contributed by atoms with van der Waals surface area (Å²) in [6, 6.07) is 0. The quantitative estimate of drug-likeness (QED) is 0.643. The van der Waals surface area contributed by atoms with Crippen LogP contribution in [0.1, 0.15) is 12.8 Å². The molecule has 5 heteroatoms. The van der Waals surface area contributed by atoms with Crippen molar-refractivity contribution in [2.45, 2.75) is 31.2 Å². The molecule has 1 unspecified atom stereocenters. The van der Waals surface area contributed by atoms with Crippen molar-refractivity contribution in [2.75, 3.05) is 6.61 Å². The van der Waals surface area contributed by atoms with Crippen molar-refractivity contribution in [2.24, 2.45) is 0 Å². The molecule has 1 aliphatic rings. The van der Waals surface area contributed by atoms with Crippen LogP contribution in [-0.2, 0) is 4.74 Å². The predicted molar refractivity (Wildman–Crippen MR) is 31.0 cm³/mol. The SMILES string of the molecule is OC[C@H]1OC1CCC(F)(F)F. The summed E-state index contributed by atoms with van der Waals surface area (Å²) in [6.45, 7) is -0.178. The molecule has 1 rings (SSSR count). The first kappa shape index (κ1) is 8.80. The van der Waals surface area contributed by atoms with Crippen molar-refractivity contribution in [1.29, 1.82) is 0 Å². The number of aliphatic hydroxyl groups excluding tert-OH is 1. The van der Waals surface area contributed by atoms with Crippen molar-refractivity contribution in [3.05, 3.63) is 0 Å². The largest absolute Gasteiger partial charge is 0.394 e. The highest BCUT2D eigenvalue weighted by Gasteiger charge is 2.40. The molecule has 0 aromatic rings. The lowest BCUT2D eigenvalue weighted by atomic mass is 10.2. The Morgan fingerprint density at radius 3 is 2.27 bits per heavy atom. The molecule has 2 atom stereocenters. The standard InChI is InChI=1S/C6H9F3O2/c7-6(8,9)2-1-4-5(3-10)11-4/h4-5,10H,1-3H2/t4?,5-/m1/s1. The van der Waals surface area contributed by atoms with E-state index in [4.69, 9.17) is 9.84 Å². The number of aliphatic hydroxyl groups is 1. The molecule has 1 saturated heterocycles. The number of epoxide rings is 1. The fraction of sp³-hybridized carbons (Fsp3) is 1.00. The molecule has 0 aliphatic carbocycles. The molecule has 1 aliphatic heterocycles. The van der Waals surface area contributed by atoms with Gasteiger partial charge in [-0.1, -0.05) is 0 Å². The Hall–Kier alpha value is -0.290. The molecular weight excluding hydrogens is 161 g/mol. The summed E-state index contributed by atoms with van der Waals surface area (Å²) < 4.78 is 39.4. The van der Waals surface area contributed by atoms with Gasteiger partial charge in [0.1, 0.15) is 6.10 Å². The Balaban J connectivity index is 2.06. The van der Waals surface area contributed by atoms with Gasteiger partial charge in [-0.2, -0.15) is 13.2 Å². The van der Waals surface area contributed by atoms with E-state index in [0.29, 0.717) is 0 Å². The van der Waals surface area contributed by atoms with Crippen LogP contribution in [0.2, 0.25) is 0 Å². The van der Waals surface area contributed by atoms with Gasteiger partial charge in [0.15, 0.2) is 0 Å². The molecule has 1 fully saturated rings. The minimum atomic E-state index is -4.11. The van der Waals surface area contributed by atoms with Crippen LogP contribution in [0.5, 0.6) is 0 Å². The second-order valence-electron chi connectivity index (χ2n) is 2.55. The van der Waals surface area contributed by atoms with Crippen molar-refractivity contribution in [3.8, 4) is 0 Å². The number of alkyl halides is 3. The molecule has 66 valence electrons. The van der Waals surface area contributed by atoms with E-state index in [9.17, 15) is 13.2 Å². The maximum atomic E-state index is 11.6. The van der Waals surface area contributed by atoms with Gasteiger partial charge in [0.25, 0.3) is 0 Å². The van der Waals surface area contributed by atoms with Gasteiger partial charge in [-0.25, -0.2) is 0 Å². The third-order valence-corrected chi connectivity index (χ3v) is 1.58. The average Bonchev–Trinajstić information content (AvgIpc) is 2.60. The van der Waals surface area contributed by atoms with Crippen LogP contribution >= 0.6 is 0 Å². The van der Waals surface area contributed by atoms with E-state index in [2.05, 4.69) is 0 Å². The molecule has 0 saturated carbocycles. The van der Waals surface area contributed by atoms with E-state index >= 15 is 0 Å². The monoisotopic (exact) mass is 170 g/mol. The topological polar surface area (TPSA) is 32.8 Å². The first-order valence-corrected chi connectivity index (χ1v) is 3.36. The lowest BCUT2D eigenvalue weighted by molar-refractivity contribution is -0.136. The maximum Gasteiger partial charge on any atom is 0.389 e. The number of ether oxygens (including phenoxy) is 1. The van der Waals surface area contributed by atoms with Crippen molar-refractivity contribution in [3.63, 3.8) is 0 Å². The summed E-state index contributed by atoms with van der Waals surface area (Å²) in [6.07, 6.45) is -5.69. The lowest BCUT2D eigenvalue weighted by Gasteiger charge is -2.02. The molecule has 1 N–H and O–H groups in total. The van der Waals surface area contributed by atoms with Crippen LogP contribution in [0.4, 0.5) is 13.2 Å². The van der Waals surface area contributed by atoms with Crippen LogP contribution in [0, 0.1) is 0 Å². The zero-order valence-corrected chi connectivity index (χ0v) is 5.77. The third-order valence-electron chi connectivity index (χ3n) is 1.58. The number of hydrogen-bond donors (Lipinski definition) is 1. The van der Waals surface area contributed by atoms with Crippen LogP contribution in [0.15, 0.2) is 0 Å². The summed E-state index contributed by atoms with van der Waals surface area (Å²) >= 11 is 0. The molecule has 0 bridgehead atoms. The van der Waals surface area contributed by atoms with E-state index in [0.717, 1.165) is 0 Å². The van der Waals surface area contributed by atoms with Gasteiger partial charge in [-0.3, -0.25) is 0 Å². The second-order valence-corrected chi connectivity index (χ2v) is 2.55. The van der Waals surface area contributed by atoms with Gasteiger partial charge in [-0.15, -0.1) is 0 Å². The summed E-state index contributed by atoms with van der Waals surface area (Å²) in [7, 11) is 0. The minimum Gasteiger partial charge on any atom is -0.394 e. The fourth-order valence-corrected chi connectivity index (χ4v) is 0.900. The average molecular weight is 170 g/mol. The normalized spacial score (nSPS) is 30.5. The zero-order chi connectivity index (χ0) is 8.48. The van der Waals surface area contributed by atoms with E-state index in [1.54, 1.807) is 0 Å². The highest BCUT2D eigenvalue weighted by atomic mass is 19.4. The van der Waals surface area contributed by atoms with Gasteiger partial charge in [0.2, 0.25) is 0 Å². The summed E-state index contributed by atoms with van der Waals surface area (Å²) in [5.74, 6) is 0. The van der Waals surface area contributed by atoms with Crippen molar-refractivity contribution in [1.82, 2.24) is 0 Å². The van der Waals surface area contributed by atoms with Gasteiger partial charge in [-0.05, 0) is 6.42 Å². The van der Waals surface area contributed by atoms with Crippen molar-refractivity contribution < 1.29 is 23.0 Å². The number of rotatable bonds is 3. The Morgan fingerprint density at radius 2 is 1.91 bits per heavy atom. The van der Waals surface area contributed by atoms with E-state index in [1.807, 2.05) is 0 Å². The van der Waals surface area contributed by atoms with Crippen LogP contribution < -0.4 is 0 Å². The van der Waals surface area contributed by atoms with Gasteiger partial charge in [0, 0.05) is 6.42 Å². The zero-order valence-electron chi connectivity index (χ0n) is 5.77. The highest BCUT2D eigenvalue weighted by molar-refractivity contribution is 4.84. The lowest BCUT2D eigenvalue weighted by Crippen LogP contribution is -2.09. The molecular formula is C6H9F3O2. The Bertz CT molecular complexity index is 134. The Morgan fingerprint density at radius 1 is 1.27 bits per heavy atom. The second kappa shape index (κ2) is 2.98. The third kappa shape index (κ3) is 3.07. The summed E-state index contributed by atoms with van der Waals surface area (Å²) in [5.41, 5.74) is 0. The number of hydrogen-bond acceptors (Lipinski definition) is 2. The fourth-order valence-electron chi connectivity index (χ4n) is 0.900. The van der Waals surface area contributed by atoms with Gasteiger partial charge in [0.05, 0.1) is 12.7 Å². The molecule has 0 aromatic heterocycles. The molecule has 11 heavy (non-hydrogen) atoms. The molecule has 0 amide bonds. The van der Waals surface area contributed by atoms with Crippen LogP contribution in [0.3, 0.4) is 0 Å². The maximum absolute atomic E-state index is 11.6. The molecule has 0 spiro atoms. The molecule has 0 radical (unpaired) electrons. The minimum absolute atomic E-state index is 0.0330. The highest BCUT2D eigenvalue weighted by Crippen LogP contribution is 2.31. The van der Waals surface area contributed by atoms with Crippen LogP contribution in [-0.4, -0.2) is 30.1 Å². The predicted octanol–water partition coefficient (Wildman–Crippen LogP) is 1.09. The first-order valence-electron chi connectivity index (χ1n) is 3.36. The van der Waals surface area contributed by atoms with Crippen LogP contribution in [0.25, 0.3) is 0 Å². The van der Waals surface area contributed by atoms with Crippen molar-refractivity contribution >= 4 is 0 Å². The summed E-state index contributed by atoms with van der Waals surface area (Å²) in [5, 5.41) is 8.40. The summed E-state index contributed by atoms with van der Waals surface area (Å²) in [4.78, 5) is 0. The molecule has 2 nitrogen and oxygen atoms in total. The van der Waals surface area contributed by atoms with Gasteiger partial charge < -0.3 is 9.84 Å².